The number of rotatable bonds is 7. The van der Waals surface area contributed by atoms with Gasteiger partial charge in [0.1, 0.15) is 31.3 Å². The van der Waals surface area contributed by atoms with Crippen molar-refractivity contribution in [3.05, 3.63) is 89.5 Å². The van der Waals surface area contributed by atoms with E-state index in [4.69, 9.17) is 0 Å². The van der Waals surface area contributed by atoms with Gasteiger partial charge in [0, 0.05) is 47.9 Å². The number of allylic oxidation sites excluding steroid dienone is 1. The summed E-state index contributed by atoms with van der Waals surface area (Å²) in [6.45, 7) is 0. The zero-order chi connectivity index (χ0) is 42.5. The molecule has 4 amide bonds. The summed E-state index contributed by atoms with van der Waals surface area (Å²) in [4.78, 5) is 42.7. The van der Waals surface area contributed by atoms with Crippen molar-refractivity contribution >= 4 is 104 Å². The van der Waals surface area contributed by atoms with Crippen LogP contribution in [0.5, 0.6) is 0 Å². The zero-order valence-corrected chi connectivity index (χ0v) is 49.1. The summed E-state index contributed by atoms with van der Waals surface area (Å²) < 4.78 is 153. The first-order valence-electron chi connectivity index (χ1n) is 16.1. The number of carbonyl (C=O) groups is 3. The number of H-pyrrole nitrogens is 1. The molecule has 5 aromatic rings. The molecule has 1 atom stereocenters. The summed E-state index contributed by atoms with van der Waals surface area (Å²) in [5, 5.41) is 3.15. The van der Waals surface area contributed by atoms with Gasteiger partial charge in [-0.3, -0.25) is 18.5 Å². The quantitative estimate of drug-likeness (QED) is 0.0501. The average molecular weight is 1040 g/mol. The van der Waals surface area contributed by atoms with E-state index < -0.39 is 133 Å². The number of fused-ring (bicyclic) bond motifs is 3. The number of benzene rings is 3. The molecule has 1 unspecified atom stereocenters. The molecule has 21 nitrogen and oxygen atoms in total. The number of aromatic nitrogens is 2. The number of hydrogen-bond acceptors (Lipinski definition) is 12. The first-order valence-corrected chi connectivity index (χ1v) is 21.8. The number of anilines is 2. The second-order valence-corrected chi connectivity index (χ2v) is 18.5. The Hall–Kier alpha value is 0.645. The second-order valence-electron chi connectivity index (χ2n) is 13.0. The molecule has 0 spiro atoms. The van der Waals surface area contributed by atoms with Crippen LogP contribution >= 0.6 is 0 Å². The van der Waals surface area contributed by atoms with Crippen molar-refractivity contribution in [3.8, 4) is 0 Å². The van der Waals surface area contributed by atoms with Crippen molar-refractivity contribution in [2.24, 2.45) is 12.0 Å². The van der Waals surface area contributed by atoms with Crippen LogP contribution in [0.4, 0.5) is 27.5 Å². The fourth-order valence-electron chi connectivity index (χ4n) is 7.13. The molecular weight excluding hydrogens is 1010 g/mol. The summed E-state index contributed by atoms with van der Waals surface area (Å²) in [7, 11) is -21.6. The number of amides is 4. The fraction of sp³-hybridized carbons (Fsp3) is 0.0909. The minimum absolute atomic E-state index is 0. The molecule has 0 saturated carbocycles. The van der Waals surface area contributed by atoms with Crippen LogP contribution in [0.25, 0.3) is 16.8 Å². The molecule has 310 valence electrons. The average Bonchev–Trinajstić information content (AvgIpc) is 3.80. The van der Waals surface area contributed by atoms with Gasteiger partial charge in [-0.2, -0.15) is 34.7 Å². The van der Waals surface area contributed by atoms with E-state index in [1.54, 1.807) is 0 Å². The molecule has 0 saturated heterocycles. The molecule has 3 aliphatic rings. The van der Waals surface area contributed by atoms with Crippen LogP contribution in [0.15, 0.2) is 91.6 Å². The van der Waals surface area contributed by atoms with Crippen molar-refractivity contribution in [2.75, 3.05) is 17.7 Å². The summed E-state index contributed by atoms with van der Waals surface area (Å²) in [5.74, 6) is -2.60. The van der Waals surface area contributed by atoms with E-state index in [9.17, 15) is 61.5 Å². The van der Waals surface area contributed by atoms with E-state index in [2.05, 4.69) is 20.6 Å². The minimum atomic E-state index is -6.18. The fourth-order valence-corrected chi connectivity index (χ4v) is 10.7. The van der Waals surface area contributed by atoms with Crippen LogP contribution in [0.2, 0.25) is 0 Å². The third kappa shape index (κ3) is 10.8. The molecule has 62 heavy (non-hydrogen) atoms. The number of aryl methyl sites for hydroxylation is 1. The smallest absolute Gasteiger partial charge is 1.00 e. The van der Waals surface area contributed by atoms with E-state index in [1.165, 1.54) is 37.6 Å². The molecule has 1 aliphatic carbocycles. The molecule has 2 aromatic heterocycles. The number of aliphatic imine (C=N–C) groups is 1. The van der Waals surface area contributed by atoms with Crippen molar-refractivity contribution < 1.29 is 278 Å². The van der Waals surface area contributed by atoms with Gasteiger partial charge in [-0.15, -0.1) is 0 Å². The van der Waals surface area contributed by atoms with E-state index in [1.807, 2.05) is 0 Å². The van der Waals surface area contributed by atoms with Gasteiger partial charge < -0.3 is 30.4 Å². The first-order chi connectivity index (χ1) is 26.8. The van der Waals surface area contributed by atoms with Crippen LogP contribution in [-0.4, -0.2) is 92.0 Å². The summed E-state index contributed by atoms with van der Waals surface area (Å²) in [6.07, 6.45) is 3.82. The van der Waals surface area contributed by atoms with Crippen molar-refractivity contribution in [1.82, 2.24) is 14.0 Å². The van der Waals surface area contributed by atoms with Crippen molar-refractivity contribution in [3.63, 3.8) is 0 Å². The molecule has 2 aliphatic heterocycles. The Kier molecular flexibility index (Phi) is 19.0. The monoisotopic (exact) mass is 1030 g/mol. The van der Waals surface area contributed by atoms with E-state index in [-0.39, 0.29) is 234 Å². The molecule has 8 rings (SSSR count). The minimum Gasteiger partial charge on any atom is -1.00 e. The molecule has 7 bridgehead atoms. The second kappa shape index (κ2) is 20.7. The van der Waals surface area contributed by atoms with Gasteiger partial charge in [-0.25, -0.2) is 18.0 Å². The molecular formula is C33H30K4N6O15S4. The van der Waals surface area contributed by atoms with Gasteiger partial charge in [-0.05, 0) is 60.2 Å². The van der Waals surface area contributed by atoms with Gasteiger partial charge in [0.15, 0.2) is 21.2 Å². The van der Waals surface area contributed by atoms with Crippen LogP contribution in [0.3, 0.4) is 0 Å². The number of hydrogen-bond donors (Lipinski definition) is 6. The Morgan fingerprint density at radius 1 is 0.839 bits per heavy atom. The molecule has 0 radical (unpaired) electrons. The van der Waals surface area contributed by atoms with Crippen LogP contribution in [0.1, 0.15) is 37.8 Å². The largest absolute Gasteiger partial charge is 1.00 e. The zero-order valence-electron chi connectivity index (χ0n) is 37.4. The maximum atomic E-state index is 15.4. The Bertz CT molecular complexity index is 3270. The Morgan fingerprint density at radius 2 is 1.48 bits per heavy atom. The summed E-state index contributed by atoms with van der Waals surface area (Å²) >= 11 is 0. The number of urea groups is 1. The number of quaternary nitrogens is 1. The third-order valence-corrected chi connectivity index (χ3v) is 13.1. The number of nitrogens with one attached hydrogen (secondary N) is 3. The van der Waals surface area contributed by atoms with Gasteiger partial charge in [0.25, 0.3) is 16.0 Å². The number of carbonyl (C=O) groups excluding carboxylic acids is 3. The molecule has 0 fully saturated rings. The molecule has 4 heterocycles. The topological polar surface area (TPSA) is 329 Å². The maximum absolute atomic E-state index is 15.4. The predicted molar refractivity (Wildman–Crippen MR) is 207 cm³/mol. The first kappa shape index (κ1) is 57.0. The van der Waals surface area contributed by atoms with Crippen LogP contribution < -0.4 is 221 Å². The summed E-state index contributed by atoms with van der Waals surface area (Å²) in [5.41, 5.74) is -6.11. The van der Waals surface area contributed by atoms with Crippen LogP contribution in [-0.2, 0) is 53.9 Å². The summed E-state index contributed by atoms with van der Waals surface area (Å²) in [6, 6.07) is 6.79. The third-order valence-electron chi connectivity index (χ3n) is 9.47. The van der Waals surface area contributed by atoms with Gasteiger partial charge in [0.2, 0.25) is 0 Å². The number of aromatic amines is 1. The van der Waals surface area contributed by atoms with Crippen molar-refractivity contribution in [1.29, 1.82) is 0 Å². The molecule has 6 N–H and O–H groups in total. The Labute approximate surface area is 529 Å². The normalized spacial score (nSPS) is 15.9. The predicted octanol–water partition coefficient (Wildman–Crippen LogP) is -8.47. The SMILES string of the molecule is Cn1cccc1C(=O)[N+]1(C)c2c(S(=O)(=O)[O-])c3c(c(NC(=O)c4ccc[nH]4)c2S(=O)(=O)O)C=CC(=NC(=O)Nc2ccc4c1c(S(=O)(=O)O)cc(S(=O)(=O)O)c4c2)C3.[H-].[H-].[H-].[H-].[K+].[K+].[K+].[K+]. The molecule has 3 aromatic carbocycles. The maximum Gasteiger partial charge on any atom is 1.00 e. The van der Waals surface area contributed by atoms with Gasteiger partial charge >= 0.3 is 238 Å². The Morgan fingerprint density at radius 3 is 2.02 bits per heavy atom. The number of nitrogens with zero attached hydrogens (tertiary/aromatic N) is 3. The van der Waals surface area contributed by atoms with Crippen LogP contribution in [0, 0.1) is 0 Å². The van der Waals surface area contributed by atoms with Gasteiger partial charge in [-0.1, -0.05) is 6.08 Å². The van der Waals surface area contributed by atoms with Gasteiger partial charge in [0.05, 0.1) is 18.4 Å². The standard InChI is InChI=1S/C33H26N6O15S4.4K.4H/c1-38-12-4-6-23(38)32(41)39(2)27-19-10-8-16(13-20(19)24(55(43,44)45)15-25(27)56(46,47)48)35-33(42)36-17-7-9-18-21(14-17)29(57(49,50)51)28(39)30(58(52,53)54)26(18)37-31(40)22-5-3-11-34-22;;;;;;;;/h3-13,15H,14H2,1-2H3,(H6-,34,35,36,37,40,42,43,44,45,46,47,48,49,50,51,52,53,54);;;;;;;;/q;4*+1;4*-1. The van der Waals surface area contributed by atoms with Crippen molar-refractivity contribution in [2.45, 2.75) is 26.0 Å². The molecule has 29 heteroatoms. The van der Waals surface area contributed by atoms with E-state index in [0.717, 1.165) is 41.0 Å². The van der Waals surface area contributed by atoms with E-state index in [0.29, 0.717) is 7.05 Å². The van der Waals surface area contributed by atoms with E-state index >= 15 is 4.79 Å². The Balaban J connectivity index is 0.